The van der Waals surface area contributed by atoms with Crippen LogP contribution in [0.25, 0.3) is 0 Å². The van der Waals surface area contributed by atoms with Gasteiger partial charge in [-0.05, 0) is 55.2 Å². The summed E-state index contributed by atoms with van der Waals surface area (Å²) in [7, 11) is 0. The Morgan fingerprint density at radius 1 is 1.33 bits per heavy atom. The summed E-state index contributed by atoms with van der Waals surface area (Å²) >= 11 is 0. The maximum absolute atomic E-state index is 4.51. The van der Waals surface area contributed by atoms with Gasteiger partial charge in [0.2, 0.25) is 0 Å². The molecule has 1 saturated carbocycles. The van der Waals surface area contributed by atoms with Crippen LogP contribution in [0.5, 0.6) is 0 Å². The quantitative estimate of drug-likeness (QED) is 0.525. The highest BCUT2D eigenvalue weighted by Gasteiger charge is 2.29. The van der Waals surface area contributed by atoms with E-state index in [1.54, 1.807) is 0 Å². The molecule has 80 valence electrons. The van der Waals surface area contributed by atoms with E-state index in [1.165, 1.54) is 28.9 Å². The highest BCUT2D eigenvalue weighted by Crippen LogP contribution is 2.39. The van der Waals surface area contributed by atoms with Crippen LogP contribution in [0.2, 0.25) is 0 Å². The van der Waals surface area contributed by atoms with E-state index in [0.29, 0.717) is 5.41 Å². The monoisotopic (exact) mass is 201 g/mol. The summed E-state index contributed by atoms with van der Waals surface area (Å²) in [5.41, 5.74) is 9.03. The van der Waals surface area contributed by atoms with Crippen molar-refractivity contribution in [3.8, 4) is 0 Å². The molecule has 0 saturated heterocycles. The molecule has 0 bridgehead atoms. The summed E-state index contributed by atoms with van der Waals surface area (Å²) in [5.74, 6) is 0. The molecule has 0 aromatic rings. The Balaban J connectivity index is 2.46. The van der Waals surface area contributed by atoms with Gasteiger partial charge in [0.25, 0.3) is 0 Å². The van der Waals surface area contributed by atoms with Crippen LogP contribution < -0.4 is 0 Å². The van der Waals surface area contributed by atoms with Crippen molar-refractivity contribution in [1.29, 1.82) is 0 Å². The largest absolute Gasteiger partial charge is 0.253 e. The number of rotatable bonds is 0. The smallest absolute Gasteiger partial charge is 0.0692 e. The summed E-state index contributed by atoms with van der Waals surface area (Å²) in [6.45, 7) is 9.02. The summed E-state index contributed by atoms with van der Waals surface area (Å²) in [4.78, 5) is 4.51. The Kier molecular flexibility index (Phi) is 2.44. The van der Waals surface area contributed by atoms with Crippen molar-refractivity contribution in [1.82, 2.24) is 0 Å². The van der Waals surface area contributed by atoms with Crippen LogP contribution in [-0.4, -0.2) is 5.71 Å². The van der Waals surface area contributed by atoms with Crippen LogP contribution >= 0.6 is 0 Å². The van der Waals surface area contributed by atoms with Crippen molar-refractivity contribution < 1.29 is 0 Å². The lowest BCUT2D eigenvalue weighted by atomic mass is 9.72. The second-order valence-electron chi connectivity index (χ2n) is 5.42. The molecule has 0 amide bonds. The molecule has 15 heavy (non-hydrogen) atoms. The molecule has 0 atom stereocenters. The van der Waals surface area contributed by atoms with Crippen molar-refractivity contribution in [2.75, 3.05) is 0 Å². The summed E-state index contributed by atoms with van der Waals surface area (Å²) in [5, 5.41) is 0. The Labute approximate surface area is 92.3 Å². The van der Waals surface area contributed by atoms with Gasteiger partial charge < -0.3 is 0 Å². The second kappa shape index (κ2) is 3.50. The Bertz CT molecular complexity index is 413. The molecule has 1 nitrogen and oxygen atoms in total. The minimum absolute atomic E-state index is 0.431. The number of fused-ring (bicyclic) bond motifs is 1. The molecular weight excluding hydrogens is 182 g/mol. The number of hydrogen-bond acceptors (Lipinski definition) is 1. The third-order valence-electron chi connectivity index (χ3n) is 3.56. The summed E-state index contributed by atoms with van der Waals surface area (Å²) in [6, 6.07) is 0. The fourth-order valence-corrected chi connectivity index (χ4v) is 2.31. The van der Waals surface area contributed by atoms with Crippen molar-refractivity contribution >= 4 is 5.71 Å². The topological polar surface area (TPSA) is 12.4 Å². The second-order valence-corrected chi connectivity index (χ2v) is 5.42. The first-order valence-corrected chi connectivity index (χ1v) is 5.68. The van der Waals surface area contributed by atoms with Gasteiger partial charge in [-0.15, -0.1) is 0 Å². The Morgan fingerprint density at radius 3 is 2.80 bits per heavy atom. The van der Waals surface area contributed by atoms with Crippen LogP contribution in [0, 0.1) is 5.41 Å². The highest BCUT2D eigenvalue weighted by atomic mass is 14.7. The zero-order valence-electron chi connectivity index (χ0n) is 10.1. The molecular formula is C14H19N. The van der Waals surface area contributed by atoms with Crippen LogP contribution in [0.3, 0.4) is 0 Å². The predicted molar refractivity (Wildman–Crippen MR) is 65.0 cm³/mol. The SMILES string of the molecule is CC1=C=CN=C2CCC(C)(C)CC2=C1C. The van der Waals surface area contributed by atoms with E-state index in [4.69, 9.17) is 0 Å². The number of allylic oxidation sites excluding steroid dienone is 3. The van der Waals surface area contributed by atoms with Gasteiger partial charge in [-0.2, -0.15) is 0 Å². The summed E-state index contributed by atoms with van der Waals surface area (Å²) < 4.78 is 0. The first kappa shape index (κ1) is 10.4. The van der Waals surface area contributed by atoms with Crippen LogP contribution in [0.15, 0.2) is 33.6 Å². The van der Waals surface area contributed by atoms with E-state index in [0.717, 1.165) is 12.8 Å². The molecule has 0 unspecified atom stereocenters. The standard InChI is InChI=1S/C14H19N/c1-10-6-8-15-13-5-7-14(3,4)9-12(13)11(10)2/h8H,5,7,9H2,1-4H3. The van der Waals surface area contributed by atoms with Crippen LogP contribution in [0.4, 0.5) is 0 Å². The van der Waals surface area contributed by atoms with Crippen molar-refractivity contribution in [3.63, 3.8) is 0 Å². The first-order valence-electron chi connectivity index (χ1n) is 5.68. The Hall–Kier alpha value is -1.07. The van der Waals surface area contributed by atoms with E-state index in [9.17, 15) is 0 Å². The fraction of sp³-hybridized carbons (Fsp3) is 0.571. The third-order valence-corrected chi connectivity index (χ3v) is 3.56. The first-order chi connectivity index (χ1) is 6.99. The third kappa shape index (κ3) is 1.98. The van der Waals surface area contributed by atoms with Crippen LogP contribution in [0.1, 0.15) is 47.0 Å². The minimum atomic E-state index is 0.431. The molecule has 0 radical (unpaired) electrons. The van der Waals surface area contributed by atoms with Gasteiger partial charge in [-0.3, -0.25) is 4.99 Å². The molecule has 1 heteroatoms. The van der Waals surface area contributed by atoms with E-state index < -0.39 is 0 Å². The predicted octanol–water partition coefficient (Wildman–Crippen LogP) is 4.03. The zero-order chi connectivity index (χ0) is 11.1. The number of nitrogens with zero attached hydrogens (tertiary/aromatic N) is 1. The zero-order valence-corrected chi connectivity index (χ0v) is 10.1. The van der Waals surface area contributed by atoms with Gasteiger partial charge >= 0.3 is 0 Å². The molecule has 0 aromatic carbocycles. The van der Waals surface area contributed by atoms with E-state index in [-0.39, 0.29) is 0 Å². The average molecular weight is 201 g/mol. The van der Waals surface area contributed by atoms with Gasteiger partial charge in [0.15, 0.2) is 0 Å². The molecule has 2 aliphatic rings. The maximum Gasteiger partial charge on any atom is 0.0692 e. The van der Waals surface area contributed by atoms with Gasteiger partial charge in [0.05, 0.1) is 6.20 Å². The van der Waals surface area contributed by atoms with Crippen molar-refractivity contribution in [2.24, 2.45) is 10.4 Å². The van der Waals surface area contributed by atoms with Crippen molar-refractivity contribution in [3.05, 3.63) is 28.7 Å². The fourth-order valence-electron chi connectivity index (χ4n) is 2.31. The van der Waals surface area contributed by atoms with E-state index in [2.05, 4.69) is 38.4 Å². The molecule has 1 aliphatic heterocycles. The Morgan fingerprint density at radius 2 is 2.07 bits per heavy atom. The molecule has 0 spiro atoms. The highest BCUT2D eigenvalue weighted by molar-refractivity contribution is 6.02. The molecule has 1 fully saturated rings. The van der Waals surface area contributed by atoms with E-state index in [1.807, 2.05) is 6.20 Å². The maximum atomic E-state index is 4.51. The summed E-state index contributed by atoms with van der Waals surface area (Å²) in [6.07, 6.45) is 5.35. The number of aliphatic imine (C=N–C) groups is 1. The lowest BCUT2D eigenvalue weighted by Gasteiger charge is -2.33. The van der Waals surface area contributed by atoms with Gasteiger partial charge in [0.1, 0.15) is 0 Å². The normalized spacial score (nSPS) is 24.3. The minimum Gasteiger partial charge on any atom is -0.253 e. The molecule has 0 N–H and O–H groups in total. The molecule has 1 heterocycles. The molecule has 2 rings (SSSR count). The lowest BCUT2D eigenvalue weighted by molar-refractivity contribution is 0.329. The average Bonchev–Trinajstić information content (AvgIpc) is 2.29. The van der Waals surface area contributed by atoms with Crippen molar-refractivity contribution in [2.45, 2.75) is 47.0 Å². The molecule has 1 aliphatic carbocycles. The number of hydrogen-bond donors (Lipinski definition) is 0. The van der Waals surface area contributed by atoms with E-state index >= 15 is 0 Å². The molecule has 0 aromatic heterocycles. The van der Waals surface area contributed by atoms with Gasteiger partial charge in [-0.1, -0.05) is 19.6 Å². The van der Waals surface area contributed by atoms with Gasteiger partial charge in [0, 0.05) is 5.71 Å². The lowest BCUT2D eigenvalue weighted by Crippen LogP contribution is -2.24. The van der Waals surface area contributed by atoms with Gasteiger partial charge in [-0.25, -0.2) is 0 Å². The van der Waals surface area contributed by atoms with Crippen LogP contribution in [-0.2, 0) is 0 Å².